The van der Waals surface area contributed by atoms with Crippen LogP contribution in [-0.2, 0) is 12.0 Å². The number of fused-ring (bicyclic) bond motifs is 1. The standard InChI is InChI=1S/C16H22N8S/c1-16(2,3)15-20-19-13-4-5-14(21-24(13)15)23-8-11(9-23)6-17-7-12-10-25-22-18-12/h4-5,10-11,17H,6-9H2,1-3H3. The summed E-state index contributed by atoms with van der Waals surface area (Å²) in [5.41, 5.74) is 1.72. The van der Waals surface area contributed by atoms with Crippen LogP contribution >= 0.6 is 11.5 Å². The van der Waals surface area contributed by atoms with Gasteiger partial charge in [-0.3, -0.25) is 0 Å². The average Bonchev–Trinajstić information content (AvgIpc) is 3.17. The van der Waals surface area contributed by atoms with Gasteiger partial charge < -0.3 is 10.2 Å². The van der Waals surface area contributed by atoms with E-state index in [1.54, 1.807) is 0 Å². The summed E-state index contributed by atoms with van der Waals surface area (Å²) in [7, 11) is 0. The Bertz CT molecular complexity index is 845. The van der Waals surface area contributed by atoms with Crippen molar-refractivity contribution in [3.05, 3.63) is 29.0 Å². The fourth-order valence-electron chi connectivity index (χ4n) is 2.97. The van der Waals surface area contributed by atoms with Gasteiger partial charge in [-0.1, -0.05) is 25.3 Å². The lowest BCUT2D eigenvalue weighted by Gasteiger charge is -2.40. The molecule has 1 aliphatic rings. The Labute approximate surface area is 150 Å². The Hall–Kier alpha value is -2.13. The molecule has 3 aromatic rings. The molecule has 132 valence electrons. The average molecular weight is 358 g/mol. The van der Waals surface area contributed by atoms with Crippen LogP contribution in [0.15, 0.2) is 17.5 Å². The largest absolute Gasteiger partial charge is 0.354 e. The molecule has 1 saturated heterocycles. The molecule has 0 saturated carbocycles. The summed E-state index contributed by atoms with van der Waals surface area (Å²) in [6, 6.07) is 4.02. The summed E-state index contributed by atoms with van der Waals surface area (Å²) in [6.45, 7) is 10.2. The molecule has 9 heteroatoms. The van der Waals surface area contributed by atoms with Crippen molar-refractivity contribution in [2.75, 3.05) is 24.5 Å². The van der Waals surface area contributed by atoms with Gasteiger partial charge in [0.05, 0.1) is 5.69 Å². The number of hydrogen-bond donors (Lipinski definition) is 1. The van der Waals surface area contributed by atoms with E-state index in [2.05, 4.69) is 50.8 Å². The molecule has 0 unspecified atom stereocenters. The summed E-state index contributed by atoms with van der Waals surface area (Å²) in [5.74, 6) is 2.50. The maximum absolute atomic E-state index is 4.76. The highest BCUT2D eigenvalue weighted by molar-refractivity contribution is 7.03. The summed E-state index contributed by atoms with van der Waals surface area (Å²) in [4.78, 5) is 2.29. The van der Waals surface area contributed by atoms with Gasteiger partial charge in [-0.2, -0.15) is 4.52 Å². The van der Waals surface area contributed by atoms with Crippen molar-refractivity contribution >= 4 is 23.0 Å². The number of nitrogens with zero attached hydrogens (tertiary/aromatic N) is 7. The molecule has 0 spiro atoms. The molecule has 4 rings (SSSR count). The van der Waals surface area contributed by atoms with Crippen molar-refractivity contribution in [2.24, 2.45) is 5.92 Å². The quantitative estimate of drug-likeness (QED) is 0.740. The maximum atomic E-state index is 4.76. The molecule has 1 aliphatic heterocycles. The third-order valence-corrected chi connectivity index (χ3v) is 4.90. The van der Waals surface area contributed by atoms with Gasteiger partial charge in [0.25, 0.3) is 0 Å². The molecule has 0 bridgehead atoms. The second kappa shape index (κ2) is 6.30. The Morgan fingerprint density at radius 2 is 2.04 bits per heavy atom. The van der Waals surface area contributed by atoms with Gasteiger partial charge in [0.15, 0.2) is 11.5 Å². The number of aromatic nitrogens is 6. The van der Waals surface area contributed by atoms with Crippen LogP contribution in [0.5, 0.6) is 0 Å². The Balaban J connectivity index is 1.37. The molecule has 0 aromatic carbocycles. The lowest BCUT2D eigenvalue weighted by atomic mass is 9.96. The van der Waals surface area contributed by atoms with Crippen molar-refractivity contribution < 1.29 is 0 Å². The molecule has 1 N–H and O–H groups in total. The highest BCUT2D eigenvalue weighted by atomic mass is 32.1. The monoisotopic (exact) mass is 358 g/mol. The SMILES string of the molecule is CC(C)(C)c1nnc2ccc(N3CC(CNCc4csnn4)C3)nn12. The first-order valence-electron chi connectivity index (χ1n) is 8.45. The minimum atomic E-state index is -0.0863. The van der Waals surface area contributed by atoms with Gasteiger partial charge >= 0.3 is 0 Å². The van der Waals surface area contributed by atoms with Gasteiger partial charge in [0, 0.05) is 42.9 Å². The summed E-state index contributed by atoms with van der Waals surface area (Å²) in [5, 5.41) is 22.8. The zero-order valence-corrected chi connectivity index (χ0v) is 15.5. The van der Waals surface area contributed by atoms with Crippen LogP contribution in [0.4, 0.5) is 5.82 Å². The lowest BCUT2D eigenvalue weighted by Crippen LogP contribution is -2.51. The van der Waals surface area contributed by atoms with E-state index in [1.807, 2.05) is 22.0 Å². The van der Waals surface area contributed by atoms with Crippen molar-refractivity contribution in [3.63, 3.8) is 0 Å². The smallest absolute Gasteiger partial charge is 0.178 e. The van der Waals surface area contributed by atoms with Crippen LogP contribution < -0.4 is 10.2 Å². The molecular formula is C16H22N8S. The lowest BCUT2D eigenvalue weighted by molar-refractivity contribution is 0.380. The second-order valence-corrected chi connectivity index (χ2v) is 8.14. The summed E-state index contributed by atoms with van der Waals surface area (Å²) in [6.07, 6.45) is 0. The first-order chi connectivity index (χ1) is 12.0. The van der Waals surface area contributed by atoms with E-state index in [9.17, 15) is 0 Å². The van der Waals surface area contributed by atoms with Crippen LogP contribution in [0, 0.1) is 5.92 Å². The van der Waals surface area contributed by atoms with Crippen LogP contribution in [0.2, 0.25) is 0 Å². The number of nitrogens with one attached hydrogen (secondary N) is 1. The third-order valence-electron chi connectivity index (χ3n) is 4.35. The molecule has 0 amide bonds. The van der Waals surface area contributed by atoms with Crippen molar-refractivity contribution in [1.29, 1.82) is 0 Å². The van der Waals surface area contributed by atoms with E-state index in [0.717, 1.165) is 49.2 Å². The summed E-state index contributed by atoms with van der Waals surface area (Å²) < 4.78 is 5.74. The first kappa shape index (κ1) is 16.3. The van der Waals surface area contributed by atoms with Crippen LogP contribution in [0.1, 0.15) is 32.3 Å². The molecule has 3 aromatic heterocycles. The molecular weight excluding hydrogens is 336 g/mol. The van der Waals surface area contributed by atoms with Crippen molar-refractivity contribution in [2.45, 2.75) is 32.7 Å². The van der Waals surface area contributed by atoms with Crippen molar-refractivity contribution in [1.82, 2.24) is 34.7 Å². The van der Waals surface area contributed by atoms with Crippen molar-refractivity contribution in [3.8, 4) is 0 Å². The van der Waals surface area contributed by atoms with Crippen LogP contribution in [0.25, 0.3) is 5.65 Å². The predicted octanol–water partition coefficient (Wildman–Crippen LogP) is 1.50. The highest BCUT2D eigenvalue weighted by Crippen LogP contribution is 2.25. The molecule has 8 nitrogen and oxygen atoms in total. The van der Waals surface area contributed by atoms with Crippen LogP contribution in [0.3, 0.4) is 0 Å². The van der Waals surface area contributed by atoms with E-state index in [4.69, 9.17) is 5.10 Å². The van der Waals surface area contributed by atoms with Crippen LogP contribution in [-0.4, -0.2) is 49.0 Å². The number of rotatable bonds is 5. The zero-order valence-electron chi connectivity index (χ0n) is 14.7. The fourth-order valence-corrected chi connectivity index (χ4v) is 3.42. The molecule has 4 heterocycles. The Kier molecular flexibility index (Phi) is 4.12. The topological polar surface area (TPSA) is 84.1 Å². The van der Waals surface area contributed by atoms with E-state index in [1.165, 1.54) is 11.5 Å². The zero-order chi connectivity index (χ0) is 17.4. The number of anilines is 1. The minimum Gasteiger partial charge on any atom is -0.354 e. The second-order valence-electron chi connectivity index (χ2n) is 7.53. The third kappa shape index (κ3) is 3.34. The Morgan fingerprint density at radius 1 is 1.20 bits per heavy atom. The van der Waals surface area contributed by atoms with E-state index in [-0.39, 0.29) is 5.41 Å². The molecule has 1 fully saturated rings. The van der Waals surface area contributed by atoms with Gasteiger partial charge in [0.2, 0.25) is 0 Å². The highest BCUT2D eigenvalue weighted by Gasteiger charge is 2.28. The van der Waals surface area contributed by atoms with Gasteiger partial charge in [-0.15, -0.1) is 20.4 Å². The predicted molar refractivity (Wildman–Crippen MR) is 96.8 cm³/mol. The molecule has 25 heavy (non-hydrogen) atoms. The van der Waals surface area contributed by atoms with E-state index < -0.39 is 0 Å². The number of hydrogen-bond acceptors (Lipinski definition) is 8. The Morgan fingerprint density at radius 3 is 2.76 bits per heavy atom. The van der Waals surface area contributed by atoms with E-state index in [0.29, 0.717) is 5.92 Å². The van der Waals surface area contributed by atoms with Gasteiger partial charge in [0.1, 0.15) is 5.82 Å². The van der Waals surface area contributed by atoms with Gasteiger partial charge in [-0.05, 0) is 23.7 Å². The normalized spacial score (nSPS) is 15.7. The fraction of sp³-hybridized carbons (Fsp3) is 0.562. The van der Waals surface area contributed by atoms with Gasteiger partial charge in [-0.25, -0.2) is 0 Å². The molecule has 0 aliphatic carbocycles. The maximum Gasteiger partial charge on any atom is 0.178 e. The molecule has 0 radical (unpaired) electrons. The first-order valence-corrected chi connectivity index (χ1v) is 9.29. The van der Waals surface area contributed by atoms with E-state index >= 15 is 0 Å². The minimum absolute atomic E-state index is 0.0863. The summed E-state index contributed by atoms with van der Waals surface area (Å²) >= 11 is 1.39. The molecule has 0 atom stereocenters.